The van der Waals surface area contributed by atoms with Crippen molar-refractivity contribution in [2.75, 3.05) is 0 Å². The number of rotatable bonds is 3. The molecule has 0 aliphatic carbocycles. The summed E-state index contributed by atoms with van der Waals surface area (Å²) in [6, 6.07) is 5.25. The van der Waals surface area contributed by atoms with Gasteiger partial charge in [0.1, 0.15) is 0 Å². The van der Waals surface area contributed by atoms with Crippen molar-refractivity contribution in [3.05, 3.63) is 50.4 Å². The van der Waals surface area contributed by atoms with E-state index in [1.807, 2.05) is 17.5 Å². The van der Waals surface area contributed by atoms with Crippen LogP contribution in [0.5, 0.6) is 0 Å². The summed E-state index contributed by atoms with van der Waals surface area (Å²) in [6.45, 7) is 0. The molecule has 84 valence electrons. The van der Waals surface area contributed by atoms with Crippen molar-refractivity contribution < 1.29 is 0 Å². The Hall–Kier alpha value is -0.610. The normalized spacial score (nSPS) is 12.7. The van der Waals surface area contributed by atoms with Crippen LogP contribution in [0.3, 0.4) is 0 Å². The van der Waals surface area contributed by atoms with Gasteiger partial charge in [0, 0.05) is 34.1 Å². The summed E-state index contributed by atoms with van der Waals surface area (Å²) in [4.78, 5) is 4.20. The Balaban J connectivity index is 2.17. The van der Waals surface area contributed by atoms with E-state index in [4.69, 9.17) is 28.9 Å². The third-order valence-corrected chi connectivity index (χ3v) is 3.43. The van der Waals surface area contributed by atoms with E-state index < -0.39 is 0 Å². The van der Waals surface area contributed by atoms with Gasteiger partial charge in [-0.05, 0) is 23.8 Å². The highest BCUT2D eigenvalue weighted by Gasteiger charge is 2.10. The fourth-order valence-corrected chi connectivity index (χ4v) is 2.67. The molecule has 2 aromatic rings. The monoisotopic (exact) mass is 272 g/mol. The molecule has 0 fully saturated rings. The Kier molecular flexibility index (Phi) is 3.82. The molecule has 0 aliphatic rings. The fraction of sp³-hybridized carbons (Fsp3) is 0.182. The summed E-state index contributed by atoms with van der Waals surface area (Å²) in [7, 11) is 0. The van der Waals surface area contributed by atoms with Gasteiger partial charge in [-0.1, -0.05) is 23.2 Å². The van der Waals surface area contributed by atoms with Crippen LogP contribution < -0.4 is 5.73 Å². The van der Waals surface area contributed by atoms with Crippen LogP contribution in [0, 0.1) is 0 Å². The minimum atomic E-state index is -0.123. The predicted octanol–water partition coefficient (Wildman–Crippen LogP) is 3.69. The molecule has 2 rings (SSSR count). The molecule has 1 atom stereocenters. The number of benzene rings is 1. The summed E-state index contributed by atoms with van der Waals surface area (Å²) in [5.74, 6) is 0. The zero-order chi connectivity index (χ0) is 11.5. The number of aromatic nitrogens is 1. The van der Waals surface area contributed by atoms with Crippen LogP contribution in [0.15, 0.2) is 29.8 Å². The lowest BCUT2D eigenvalue weighted by Crippen LogP contribution is -2.13. The quantitative estimate of drug-likeness (QED) is 0.926. The van der Waals surface area contributed by atoms with Gasteiger partial charge in [0.25, 0.3) is 0 Å². The second-order valence-electron chi connectivity index (χ2n) is 3.44. The highest BCUT2D eigenvalue weighted by atomic mass is 35.5. The van der Waals surface area contributed by atoms with Gasteiger partial charge in [-0.2, -0.15) is 0 Å². The first-order chi connectivity index (χ1) is 7.65. The molecular formula is C11H10Cl2N2S. The fourth-order valence-electron chi connectivity index (χ4n) is 1.45. The van der Waals surface area contributed by atoms with Gasteiger partial charge in [0.15, 0.2) is 0 Å². The Labute approximate surface area is 108 Å². The zero-order valence-corrected chi connectivity index (χ0v) is 10.7. The minimum Gasteiger partial charge on any atom is -0.324 e. The van der Waals surface area contributed by atoms with Crippen molar-refractivity contribution in [1.82, 2.24) is 4.98 Å². The lowest BCUT2D eigenvalue weighted by atomic mass is 10.1. The molecule has 2 N–H and O–H groups in total. The van der Waals surface area contributed by atoms with Crippen LogP contribution >= 0.6 is 34.5 Å². The maximum atomic E-state index is 6.07. The highest BCUT2D eigenvalue weighted by molar-refractivity contribution is 7.09. The van der Waals surface area contributed by atoms with Crippen molar-refractivity contribution >= 4 is 34.5 Å². The second-order valence-corrected chi connectivity index (χ2v) is 5.29. The zero-order valence-electron chi connectivity index (χ0n) is 8.36. The molecule has 0 aliphatic heterocycles. The van der Waals surface area contributed by atoms with Gasteiger partial charge in [-0.3, -0.25) is 0 Å². The average Bonchev–Trinajstić information content (AvgIpc) is 2.68. The lowest BCUT2D eigenvalue weighted by Gasteiger charge is -2.11. The van der Waals surface area contributed by atoms with Crippen molar-refractivity contribution in [3.63, 3.8) is 0 Å². The third-order valence-electron chi connectivity index (χ3n) is 2.19. The predicted molar refractivity (Wildman–Crippen MR) is 69.2 cm³/mol. The van der Waals surface area contributed by atoms with Gasteiger partial charge < -0.3 is 5.73 Å². The van der Waals surface area contributed by atoms with Crippen LogP contribution in [0.1, 0.15) is 16.6 Å². The SMILES string of the molecule is NC(Cc1nccs1)c1cc(Cl)cc(Cl)c1. The van der Waals surface area contributed by atoms with Gasteiger partial charge in [-0.25, -0.2) is 4.98 Å². The molecule has 0 spiro atoms. The molecule has 1 aromatic heterocycles. The summed E-state index contributed by atoms with van der Waals surface area (Å²) in [5.41, 5.74) is 7.01. The third kappa shape index (κ3) is 2.95. The highest BCUT2D eigenvalue weighted by Crippen LogP contribution is 2.24. The molecule has 0 saturated heterocycles. The van der Waals surface area contributed by atoms with E-state index in [0.29, 0.717) is 16.5 Å². The van der Waals surface area contributed by atoms with E-state index in [2.05, 4.69) is 4.98 Å². The first-order valence-corrected chi connectivity index (χ1v) is 6.38. The summed E-state index contributed by atoms with van der Waals surface area (Å²) < 4.78 is 0. The van der Waals surface area contributed by atoms with E-state index in [0.717, 1.165) is 10.6 Å². The molecule has 2 nitrogen and oxygen atoms in total. The molecule has 16 heavy (non-hydrogen) atoms. The van der Waals surface area contributed by atoms with Crippen molar-refractivity contribution in [2.45, 2.75) is 12.5 Å². The van der Waals surface area contributed by atoms with E-state index in [1.165, 1.54) is 0 Å². The Morgan fingerprint density at radius 3 is 2.50 bits per heavy atom. The van der Waals surface area contributed by atoms with Crippen molar-refractivity contribution in [1.29, 1.82) is 0 Å². The first-order valence-electron chi connectivity index (χ1n) is 4.75. The molecule has 1 unspecified atom stereocenters. The minimum absolute atomic E-state index is 0.123. The van der Waals surface area contributed by atoms with Crippen LogP contribution in [0.2, 0.25) is 10.0 Å². The number of thiazole rings is 1. The average molecular weight is 273 g/mol. The van der Waals surface area contributed by atoms with Gasteiger partial charge in [0.2, 0.25) is 0 Å². The van der Waals surface area contributed by atoms with Crippen molar-refractivity contribution in [3.8, 4) is 0 Å². The molecule has 0 bridgehead atoms. The van der Waals surface area contributed by atoms with Gasteiger partial charge in [0.05, 0.1) is 5.01 Å². The van der Waals surface area contributed by atoms with Crippen molar-refractivity contribution in [2.24, 2.45) is 5.73 Å². The number of nitrogens with two attached hydrogens (primary N) is 1. The smallest absolute Gasteiger partial charge is 0.0943 e. The topological polar surface area (TPSA) is 38.9 Å². The maximum absolute atomic E-state index is 6.07. The maximum Gasteiger partial charge on any atom is 0.0943 e. The Morgan fingerprint density at radius 2 is 1.94 bits per heavy atom. The van der Waals surface area contributed by atoms with E-state index >= 15 is 0 Å². The van der Waals surface area contributed by atoms with Crippen LogP contribution in [0.4, 0.5) is 0 Å². The molecule has 1 aromatic carbocycles. The Bertz CT molecular complexity index is 451. The summed E-state index contributed by atoms with van der Waals surface area (Å²) in [5, 5.41) is 4.17. The lowest BCUT2D eigenvalue weighted by molar-refractivity contribution is 0.718. The molecule has 0 radical (unpaired) electrons. The largest absolute Gasteiger partial charge is 0.324 e. The first kappa shape index (κ1) is 11.9. The van der Waals surface area contributed by atoms with Crippen LogP contribution in [-0.2, 0) is 6.42 Å². The molecule has 0 amide bonds. The molecule has 1 heterocycles. The number of halogens is 2. The molecular weight excluding hydrogens is 263 g/mol. The van der Waals surface area contributed by atoms with Crippen LogP contribution in [0.25, 0.3) is 0 Å². The van der Waals surface area contributed by atoms with Gasteiger partial charge >= 0.3 is 0 Å². The second kappa shape index (κ2) is 5.15. The van der Waals surface area contributed by atoms with E-state index in [1.54, 1.807) is 23.6 Å². The summed E-state index contributed by atoms with van der Waals surface area (Å²) in [6.07, 6.45) is 2.48. The summed E-state index contributed by atoms with van der Waals surface area (Å²) >= 11 is 13.4. The van der Waals surface area contributed by atoms with Gasteiger partial charge in [-0.15, -0.1) is 11.3 Å². The van der Waals surface area contributed by atoms with E-state index in [-0.39, 0.29) is 6.04 Å². The number of hydrogen-bond acceptors (Lipinski definition) is 3. The Morgan fingerprint density at radius 1 is 1.25 bits per heavy atom. The number of nitrogens with zero attached hydrogens (tertiary/aromatic N) is 1. The molecule has 5 heteroatoms. The molecule has 0 saturated carbocycles. The standard InChI is InChI=1S/C11H10Cl2N2S/c12-8-3-7(4-9(13)5-8)10(14)6-11-15-1-2-16-11/h1-5,10H,6,14H2. The van der Waals surface area contributed by atoms with Crippen LogP contribution in [-0.4, -0.2) is 4.98 Å². The van der Waals surface area contributed by atoms with E-state index in [9.17, 15) is 0 Å². The number of hydrogen-bond donors (Lipinski definition) is 1.